The van der Waals surface area contributed by atoms with E-state index in [1.165, 1.54) is 11.1 Å². The Morgan fingerprint density at radius 2 is 2.06 bits per heavy atom. The van der Waals surface area contributed by atoms with Gasteiger partial charge in [0.05, 0.1) is 0 Å². The fourth-order valence-electron chi connectivity index (χ4n) is 1.70. The van der Waals surface area contributed by atoms with Gasteiger partial charge in [-0.2, -0.15) is 0 Å². The van der Waals surface area contributed by atoms with Crippen molar-refractivity contribution in [3.05, 3.63) is 63.9 Å². The fourth-order valence-corrected chi connectivity index (χ4v) is 3.51. The van der Waals surface area contributed by atoms with Crippen LogP contribution >= 0.6 is 31.9 Å². The van der Waals surface area contributed by atoms with Crippen LogP contribution in [-0.2, 0) is 6.42 Å². The molecule has 0 radical (unpaired) electrons. The van der Waals surface area contributed by atoms with Crippen molar-refractivity contribution in [3.63, 3.8) is 0 Å². The first-order valence-electron chi connectivity index (χ1n) is 5.47. The van der Waals surface area contributed by atoms with Crippen molar-refractivity contribution < 1.29 is 0 Å². The minimum atomic E-state index is 0.285. The van der Waals surface area contributed by atoms with Crippen LogP contribution in [0.1, 0.15) is 21.6 Å². The van der Waals surface area contributed by atoms with E-state index in [9.17, 15) is 0 Å². The summed E-state index contributed by atoms with van der Waals surface area (Å²) in [5, 5.41) is 0. The van der Waals surface area contributed by atoms with Gasteiger partial charge in [-0.25, -0.2) is 0 Å². The number of aryl methyl sites for hydroxylation is 1. The predicted molar refractivity (Wildman–Crippen MR) is 78.5 cm³/mol. The van der Waals surface area contributed by atoms with Gasteiger partial charge in [-0.3, -0.25) is 4.98 Å². The largest absolute Gasteiger partial charge is 0.261 e. The smallest absolute Gasteiger partial charge is 0.0461 e. The molecule has 1 unspecified atom stereocenters. The molecule has 0 bridgehead atoms. The standard InChI is InChI=1S/C14H13Br2N/c1-10-5-6-12(13(15)8-10)14(16)9-11-4-2-3-7-17-11/h2-8,14H,9H2,1H3. The summed E-state index contributed by atoms with van der Waals surface area (Å²) in [6.45, 7) is 2.09. The average molecular weight is 355 g/mol. The highest BCUT2D eigenvalue weighted by atomic mass is 79.9. The number of pyridine rings is 1. The Kier molecular flexibility index (Phi) is 4.35. The lowest BCUT2D eigenvalue weighted by molar-refractivity contribution is 0.900. The maximum Gasteiger partial charge on any atom is 0.0461 e. The molecule has 1 aromatic carbocycles. The quantitative estimate of drug-likeness (QED) is 0.719. The molecule has 0 N–H and O–H groups in total. The monoisotopic (exact) mass is 353 g/mol. The van der Waals surface area contributed by atoms with Crippen LogP contribution in [0.15, 0.2) is 47.1 Å². The zero-order valence-electron chi connectivity index (χ0n) is 9.53. The second-order valence-electron chi connectivity index (χ2n) is 4.02. The maximum absolute atomic E-state index is 4.35. The molecule has 3 heteroatoms. The molecule has 0 aliphatic rings. The first-order valence-corrected chi connectivity index (χ1v) is 7.17. The van der Waals surface area contributed by atoms with Gasteiger partial charge in [-0.05, 0) is 36.2 Å². The van der Waals surface area contributed by atoms with E-state index in [0.717, 1.165) is 16.6 Å². The van der Waals surface area contributed by atoms with E-state index in [0.29, 0.717) is 0 Å². The zero-order chi connectivity index (χ0) is 12.3. The maximum atomic E-state index is 4.35. The number of aromatic nitrogens is 1. The minimum absolute atomic E-state index is 0.285. The third kappa shape index (κ3) is 3.39. The summed E-state index contributed by atoms with van der Waals surface area (Å²) >= 11 is 7.34. The Labute approximate surface area is 119 Å². The molecular weight excluding hydrogens is 342 g/mol. The summed E-state index contributed by atoms with van der Waals surface area (Å²) in [7, 11) is 0. The summed E-state index contributed by atoms with van der Waals surface area (Å²) in [6.07, 6.45) is 2.72. The number of halogens is 2. The topological polar surface area (TPSA) is 12.9 Å². The lowest BCUT2D eigenvalue weighted by atomic mass is 10.1. The zero-order valence-corrected chi connectivity index (χ0v) is 12.7. The molecule has 2 aromatic rings. The molecule has 0 fully saturated rings. The van der Waals surface area contributed by atoms with Crippen molar-refractivity contribution in [1.29, 1.82) is 0 Å². The summed E-state index contributed by atoms with van der Waals surface area (Å²) in [5.41, 5.74) is 3.63. The van der Waals surface area contributed by atoms with Crippen LogP contribution in [-0.4, -0.2) is 4.98 Å². The number of hydrogen-bond acceptors (Lipinski definition) is 1. The molecule has 17 heavy (non-hydrogen) atoms. The van der Waals surface area contributed by atoms with E-state index in [2.05, 4.69) is 68.0 Å². The first kappa shape index (κ1) is 12.8. The second kappa shape index (κ2) is 5.78. The number of nitrogens with zero attached hydrogens (tertiary/aromatic N) is 1. The molecule has 0 aliphatic heterocycles. The van der Waals surface area contributed by atoms with Crippen LogP contribution in [0.2, 0.25) is 0 Å². The molecule has 88 valence electrons. The Hall–Kier alpha value is -0.670. The Balaban J connectivity index is 2.17. The van der Waals surface area contributed by atoms with Gasteiger partial charge in [0, 0.05) is 27.6 Å². The highest BCUT2D eigenvalue weighted by Gasteiger charge is 2.12. The molecule has 0 amide bonds. The van der Waals surface area contributed by atoms with Crippen LogP contribution in [0.25, 0.3) is 0 Å². The van der Waals surface area contributed by atoms with Crippen LogP contribution in [0, 0.1) is 6.92 Å². The van der Waals surface area contributed by atoms with Crippen LogP contribution in [0.5, 0.6) is 0 Å². The van der Waals surface area contributed by atoms with Crippen molar-refractivity contribution >= 4 is 31.9 Å². The third-order valence-electron chi connectivity index (χ3n) is 2.61. The van der Waals surface area contributed by atoms with Crippen LogP contribution < -0.4 is 0 Å². The minimum Gasteiger partial charge on any atom is -0.261 e. The highest BCUT2D eigenvalue weighted by molar-refractivity contribution is 9.11. The van der Waals surface area contributed by atoms with E-state index in [1.54, 1.807) is 0 Å². The summed E-state index contributed by atoms with van der Waals surface area (Å²) in [4.78, 5) is 4.63. The normalized spacial score (nSPS) is 12.4. The number of benzene rings is 1. The van der Waals surface area contributed by atoms with Gasteiger partial charge >= 0.3 is 0 Å². The number of hydrogen-bond donors (Lipinski definition) is 0. The van der Waals surface area contributed by atoms with Crippen LogP contribution in [0.4, 0.5) is 0 Å². The third-order valence-corrected chi connectivity index (χ3v) is 4.11. The van der Waals surface area contributed by atoms with Crippen molar-refractivity contribution in [2.75, 3.05) is 0 Å². The molecule has 0 aliphatic carbocycles. The second-order valence-corrected chi connectivity index (χ2v) is 5.98. The van der Waals surface area contributed by atoms with Crippen molar-refractivity contribution in [3.8, 4) is 0 Å². The van der Waals surface area contributed by atoms with Crippen molar-refractivity contribution in [2.45, 2.75) is 18.2 Å². The van der Waals surface area contributed by atoms with E-state index in [-0.39, 0.29) is 4.83 Å². The number of rotatable bonds is 3. The fraction of sp³-hybridized carbons (Fsp3) is 0.214. The Morgan fingerprint density at radius 3 is 2.71 bits per heavy atom. The summed E-state index contributed by atoms with van der Waals surface area (Å²) in [6, 6.07) is 12.4. The van der Waals surface area contributed by atoms with Gasteiger partial charge in [0.15, 0.2) is 0 Å². The molecule has 1 aromatic heterocycles. The van der Waals surface area contributed by atoms with E-state index in [4.69, 9.17) is 0 Å². The molecule has 1 atom stereocenters. The van der Waals surface area contributed by atoms with E-state index in [1.807, 2.05) is 18.3 Å². The van der Waals surface area contributed by atoms with Crippen LogP contribution in [0.3, 0.4) is 0 Å². The van der Waals surface area contributed by atoms with E-state index < -0.39 is 0 Å². The van der Waals surface area contributed by atoms with Gasteiger partial charge in [-0.1, -0.05) is 50.1 Å². The molecule has 0 saturated heterocycles. The van der Waals surface area contributed by atoms with Crippen molar-refractivity contribution in [1.82, 2.24) is 4.98 Å². The summed E-state index contributed by atoms with van der Waals surface area (Å²) < 4.78 is 1.15. The van der Waals surface area contributed by atoms with Gasteiger partial charge in [0.1, 0.15) is 0 Å². The molecule has 2 rings (SSSR count). The first-order chi connectivity index (χ1) is 8.16. The molecule has 0 spiro atoms. The SMILES string of the molecule is Cc1ccc(C(Br)Cc2ccccn2)c(Br)c1. The molecular formula is C14H13Br2N. The molecule has 1 nitrogen and oxygen atoms in total. The highest BCUT2D eigenvalue weighted by Crippen LogP contribution is 2.32. The van der Waals surface area contributed by atoms with Crippen molar-refractivity contribution in [2.24, 2.45) is 0 Å². The van der Waals surface area contributed by atoms with Gasteiger partial charge in [-0.15, -0.1) is 0 Å². The molecule has 1 heterocycles. The predicted octanol–water partition coefficient (Wildman–Crippen LogP) is 4.83. The van der Waals surface area contributed by atoms with Gasteiger partial charge in [0.2, 0.25) is 0 Å². The Bertz CT molecular complexity index is 497. The lowest BCUT2D eigenvalue weighted by Crippen LogP contribution is -1.98. The molecule has 0 saturated carbocycles. The van der Waals surface area contributed by atoms with E-state index >= 15 is 0 Å². The van der Waals surface area contributed by atoms with Gasteiger partial charge in [0.25, 0.3) is 0 Å². The number of alkyl halides is 1. The average Bonchev–Trinajstić information content (AvgIpc) is 2.30. The lowest BCUT2D eigenvalue weighted by Gasteiger charge is -2.12. The summed E-state index contributed by atoms with van der Waals surface area (Å²) in [5.74, 6) is 0. The van der Waals surface area contributed by atoms with Gasteiger partial charge < -0.3 is 0 Å². The Morgan fingerprint density at radius 1 is 1.24 bits per heavy atom.